The largest absolute Gasteiger partial charge is 0.495 e. The smallest absolute Gasteiger partial charge is 0.142 e. The number of anilines is 1. The van der Waals surface area contributed by atoms with Gasteiger partial charge in [0.2, 0.25) is 0 Å². The summed E-state index contributed by atoms with van der Waals surface area (Å²) < 4.78 is 7.62. The van der Waals surface area contributed by atoms with Crippen LogP contribution in [0.1, 0.15) is 31.5 Å². The summed E-state index contributed by atoms with van der Waals surface area (Å²) in [7, 11) is 1.75. The molecule has 25 heavy (non-hydrogen) atoms. The highest BCUT2D eigenvalue weighted by molar-refractivity contribution is 5.58. The van der Waals surface area contributed by atoms with Gasteiger partial charge < -0.3 is 9.64 Å². The van der Waals surface area contributed by atoms with E-state index in [1.807, 2.05) is 12.1 Å². The first-order chi connectivity index (χ1) is 12.1. The summed E-state index contributed by atoms with van der Waals surface area (Å²) in [6.45, 7) is 11.7. The quantitative estimate of drug-likeness (QED) is 0.806. The molecule has 1 aliphatic rings. The van der Waals surface area contributed by atoms with E-state index in [0.29, 0.717) is 6.04 Å². The molecule has 1 unspecified atom stereocenters. The zero-order chi connectivity index (χ0) is 17.8. The molecule has 0 saturated carbocycles. The Balaban J connectivity index is 1.66. The molecular weight excluding hydrogens is 312 g/mol. The molecule has 5 nitrogen and oxygen atoms in total. The molecule has 1 aromatic heterocycles. The number of piperazine rings is 1. The van der Waals surface area contributed by atoms with Crippen LogP contribution in [-0.2, 0) is 13.1 Å². The maximum atomic E-state index is 5.53. The molecule has 1 fully saturated rings. The van der Waals surface area contributed by atoms with E-state index >= 15 is 0 Å². The molecule has 1 aliphatic heterocycles. The van der Waals surface area contributed by atoms with Crippen LogP contribution in [0.2, 0.25) is 0 Å². The van der Waals surface area contributed by atoms with Crippen molar-refractivity contribution in [1.29, 1.82) is 0 Å². The van der Waals surface area contributed by atoms with Gasteiger partial charge in [0.1, 0.15) is 5.75 Å². The van der Waals surface area contributed by atoms with Crippen molar-refractivity contribution >= 4 is 5.69 Å². The van der Waals surface area contributed by atoms with E-state index in [0.717, 1.165) is 50.6 Å². The summed E-state index contributed by atoms with van der Waals surface area (Å²) >= 11 is 0. The molecule has 0 spiro atoms. The SMILES string of the molecule is CCCn1cc(CN2CCN(c3ccccc3OC)CC2C)c(C)n1. The van der Waals surface area contributed by atoms with Crippen LogP contribution in [-0.4, -0.2) is 47.5 Å². The highest BCUT2D eigenvalue weighted by Gasteiger charge is 2.26. The second-order valence-corrected chi connectivity index (χ2v) is 6.94. The molecule has 136 valence electrons. The van der Waals surface area contributed by atoms with Gasteiger partial charge in [-0.15, -0.1) is 0 Å². The lowest BCUT2D eigenvalue weighted by Gasteiger charge is -2.41. The van der Waals surface area contributed by atoms with Crippen molar-refractivity contribution in [1.82, 2.24) is 14.7 Å². The van der Waals surface area contributed by atoms with Gasteiger partial charge in [-0.25, -0.2) is 0 Å². The molecule has 0 amide bonds. The first-order valence-electron chi connectivity index (χ1n) is 9.27. The van der Waals surface area contributed by atoms with Crippen molar-refractivity contribution in [3.8, 4) is 5.75 Å². The Hall–Kier alpha value is -2.01. The highest BCUT2D eigenvalue weighted by Crippen LogP contribution is 2.29. The summed E-state index contributed by atoms with van der Waals surface area (Å²) in [5.41, 5.74) is 3.71. The van der Waals surface area contributed by atoms with Gasteiger partial charge in [-0.05, 0) is 32.4 Å². The molecule has 0 radical (unpaired) electrons. The third-order valence-electron chi connectivity index (χ3n) is 5.07. The maximum Gasteiger partial charge on any atom is 0.142 e. The Kier molecular flexibility index (Phi) is 5.63. The fourth-order valence-electron chi connectivity index (χ4n) is 3.62. The number of hydrogen-bond acceptors (Lipinski definition) is 4. The van der Waals surface area contributed by atoms with Crippen molar-refractivity contribution in [3.05, 3.63) is 41.7 Å². The number of aromatic nitrogens is 2. The summed E-state index contributed by atoms with van der Waals surface area (Å²) in [6, 6.07) is 8.80. The third-order valence-corrected chi connectivity index (χ3v) is 5.07. The lowest BCUT2D eigenvalue weighted by molar-refractivity contribution is 0.180. The van der Waals surface area contributed by atoms with Crippen LogP contribution < -0.4 is 9.64 Å². The lowest BCUT2D eigenvalue weighted by atomic mass is 10.1. The van der Waals surface area contributed by atoms with Gasteiger partial charge in [0.05, 0.1) is 18.5 Å². The first-order valence-corrected chi connectivity index (χ1v) is 9.27. The molecule has 2 heterocycles. The number of para-hydroxylation sites is 2. The van der Waals surface area contributed by atoms with Gasteiger partial charge in [0.25, 0.3) is 0 Å². The standard InChI is InChI=1S/C20H30N4O/c1-5-10-24-15-18(17(3)21-24)14-22-11-12-23(13-16(22)2)19-8-6-7-9-20(19)25-4/h6-9,15-16H,5,10-14H2,1-4H3. The van der Waals surface area contributed by atoms with Crippen molar-refractivity contribution in [3.63, 3.8) is 0 Å². The van der Waals surface area contributed by atoms with Gasteiger partial charge in [0, 0.05) is 50.5 Å². The normalized spacial score (nSPS) is 18.6. The molecule has 0 bridgehead atoms. The van der Waals surface area contributed by atoms with E-state index in [9.17, 15) is 0 Å². The number of hydrogen-bond donors (Lipinski definition) is 0. The van der Waals surface area contributed by atoms with Crippen LogP contribution in [0.3, 0.4) is 0 Å². The zero-order valence-electron chi connectivity index (χ0n) is 15.9. The summed E-state index contributed by atoms with van der Waals surface area (Å²) in [5, 5.41) is 4.64. The summed E-state index contributed by atoms with van der Waals surface area (Å²) in [6.07, 6.45) is 3.34. The van der Waals surface area contributed by atoms with Gasteiger partial charge >= 0.3 is 0 Å². The Labute approximate surface area is 151 Å². The van der Waals surface area contributed by atoms with E-state index in [1.165, 1.54) is 11.3 Å². The van der Waals surface area contributed by atoms with Crippen LogP contribution in [0.5, 0.6) is 5.75 Å². The lowest BCUT2D eigenvalue weighted by Crippen LogP contribution is -2.51. The van der Waals surface area contributed by atoms with Crippen molar-refractivity contribution in [2.24, 2.45) is 0 Å². The van der Waals surface area contributed by atoms with E-state index in [1.54, 1.807) is 7.11 Å². The maximum absolute atomic E-state index is 5.53. The Bertz CT molecular complexity index is 697. The molecule has 5 heteroatoms. The first kappa shape index (κ1) is 17.8. The van der Waals surface area contributed by atoms with Crippen LogP contribution in [0, 0.1) is 6.92 Å². The van der Waals surface area contributed by atoms with E-state index in [-0.39, 0.29) is 0 Å². The molecule has 0 N–H and O–H groups in total. The van der Waals surface area contributed by atoms with Crippen LogP contribution in [0.4, 0.5) is 5.69 Å². The van der Waals surface area contributed by atoms with Crippen molar-refractivity contribution in [2.75, 3.05) is 31.6 Å². The topological polar surface area (TPSA) is 33.5 Å². The molecular formula is C20H30N4O. The number of aryl methyl sites for hydroxylation is 2. The molecule has 1 atom stereocenters. The van der Waals surface area contributed by atoms with E-state index in [4.69, 9.17) is 4.74 Å². The molecule has 1 saturated heterocycles. The molecule has 2 aromatic rings. The molecule has 3 rings (SSSR count). The van der Waals surface area contributed by atoms with Crippen LogP contribution in [0.25, 0.3) is 0 Å². The number of rotatable bonds is 6. The molecule has 1 aromatic carbocycles. The zero-order valence-corrected chi connectivity index (χ0v) is 15.9. The number of benzene rings is 1. The minimum Gasteiger partial charge on any atom is -0.495 e. The Morgan fingerprint density at radius 3 is 2.76 bits per heavy atom. The average molecular weight is 342 g/mol. The van der Waals surface area contributed by atoms with E-state index in [2.05, 4.69) is 58.7 Å². The van der Waals surface area contributed by atoms with Crippen LogP contribution in [0.15, 0.2) is 30.5 Å². The van der Waals surface area contributed by atoms with E-state index < -0.39 is 0 Å². The van der Waals surface area contributed by atoms with Gasteiger partial charge in [0.15, 0.2) is 0 Å². The van der Waals surface area contributed by atoms with Crippen molar-refractivity contribution < 1.29 is 4.74 Å². The highest BCUT2D eigenvalue weighted by atomic mass is 16.5. The van der Waals surface area contributed by atoms with Gasteiger partial charge in [-0.2, -0.15) is 5.10 Å². The Morgan fingerprint density at radius 2 is 2.04 bits per heavy atom. The third kappa shape index (κ3) is 3.98. The molecule has 0 aliphatic carbocycles. The summed E-state index contributed by atoms with van der Waals surface area (Å²) in [5.74, 6) is 0.958. The minimum absolute atomic E-state index is 0.493. The van der Waals surface area contributed by atoms with Gasteiger partial charge in [-0.3, -0.25) is 9.58 Å². The monoisotopic (exact) mass is 342 g/mol. The second kappa shape index (κ2) is 7.91. The predicted octanol–water partition coefficient (Wildman–Crippen LogP) is 3.32. The minimum atomic E-state index is 0.493. The fraction of sp³-hybridized carbons (Fsp3) is 0.550. The summed E-state index contributed by atoms with van der Waals surface area (Å²) in [4.78, 5) is 5.00. The van der Waals surface area contributed by atoms with Crippen molar-refractivity contribution in [2.45, 2.75) is 46.3 Å². The predicted molar refractivity (Wildman–Crippen MR) is 102 cm³/mol. The van der Waals surface area contributed by atoms with Gasteiger partial charge in [-0.1, -0.05) is 19.1 Å². The number of methoxy groups -OCH3 is 1. The number of ether oxygens (including phenoxy) is 1. The Morgan fingerprint density at radius 1 is 1.24 bits per heavy atom. The number of nitrogens with zero attached hydrogens (tertiary/aromatic N) is 4. The van der Waals surface area contributed by atoms with Crippen LogP contribution >= 0.6 is 0 Å². The average Bonchev–Trinajstić information content (AvgIpc) is 2.96. The fourth-order valence-corrected chi connectivity index (χ4v) is 3.62. The second-order valence-electron chi connectivity index (χ2n) is 6.94.